The van der Waals surface area contributed by atoms with Gasteiger partial charge in [0.2, 0.25) is 0 Å². The van der Waals surface area contributed by atoms with Crippen molar-refractivity contribution < 1.29 is 26.7 Å². The smallest absolute Gasteiger partial charge is 0.268 e. The Hall–Kier alpha value is -2.36. The summed E-state index contributed by atoms with van der Waals surface area (Å²) in [6.07, 6.45) is 1.27. The molecule has 0 fully saturated rings. The van der Waals surface area contributed by atoms with Crippen LogP contribution in [0.5, 0.6) is 5.75 Å². The molecule has 0 unspecified atom stereocenters. The van der Waals surface area contributed by atoms with Gasteiger partial charge in [-0.15, -0.1) is 0 Å². The zero-order chi connectivity index (χ0) is 19.8. The Balaban J connectivity index is 2.17. The number of anilines is 1. The average molecular weight is 417 g/mol. The van der Waals surface area contributed by atoms with Crippen LogP contribution in [0, 0.1) is 11.6 Å². The van der Waals surface area contributed by atoms with Crippen LogP contribution in [-0.2, 0) is 14.8 Å². The topological polar surface area (TPSA) is 71.6 Å². The van der Waals surface area contributed by atoms with Gasteiger partial charge in [0.25, 0.3) is 10.0 Å². The number of fused-ring (bicyclic) bond motifs is 1. The molecule has 144 valence electrons. The molecule has 0 amide bonds. The van der Waals surface area contributed by atoms with Crippen molar-refractivity contribution in [2.75, 3.05) is 25.3 Å². The Morgan fingerprint density at radius 1 is 1.15 bits per heavy atom. The molecule has 0 aliphatic rings. The maximum Gasteiger partial charge on any atom is 0.268 e. The summed E-state index contributed by atoms with van der Waals surface area (Å²) in [5.74, 6) is -1.41. The van der Waals surface area contributed by atoms with Crippen molar-refractivity contribution in [1.82, 2.24) is 4.98 Å². The van der Waals surface area contributed by atoms with Crippen molar-refractivity contribution in [2.24, 2.45) is 0 Å². The van der Waals surface area contributed by atoms with Crippen molar-refractivity contribution in [2.45, 2.75) is 4.90 Å². The molecule has 0 aliphatic heterocycles. The minimum Gasteiger partial charge on any atom is -0.497 e. The predicted molar refractivity (Wildman–Crippen MR) is 97.8 cm³/mol. The second kappa shape index (κ2) is 7.34. The molecular formula is C17H15ClF2N2O4S. The monoisotopic (exact) mass is 416 g/mol. The summed E-state index contributed by atoms with van der Waals surface area (Å²) in [6.45, 7) is -0.525. The molecule has 3 aromatic rings. The number of aromatic amines is 1. The van der Waals surface area contributed by atoms with E-state index in [2.05, 4.69) is 4.98 Å². The first kappa shape index (κ1) is 19.4. The number of nitrogens with one attached hydrogen (secondary N) is 1. The van der Waals surface area contributed by atoms with Gasteiger partial charge in [-0.05, 0) is 18.2 Å². The van der Waals surface area contributed by atoms with E-state index in [1.807, 2.05) is 0 Å². The fourth-order valence-corrected chi connectivity index (χ4v) is 4.32. The second-order valence-electron chi connectivity index (χ2n) is 5.55. The lowest BCUT2D eigenvalue weighted by molar-refractivity contribution is 0.209. The van der Waals surface area contributed by atoms with Gasteiger partial charge in [0, 0.05) is 30.8 Å². The van der Waals surface area contributed by atoms with Crippen LogP contribution in [0.2, 0.25) is 5.02 Å². The Bertz CT molecular complexity index is 1100. The molecule has 6 nitrogen and oxygen atoms in total. The van der Waals surface area contributed by atoms with Gasteiger partial charge in [0.05, 0.1) is 23.3 Å². The van der Waals surface area contributed by atoms with Crippen LogP contribution in [0.1, 0.15) is 0 Å². The molecule has 0 radical (unpaired) electrons. The van der Waals surface area contributed by atoms with E-state index in [-0.39, 0.29) is 4.90 Å². The number of nitrogens with zero attached hydrogens (tertiary/aromatic N) is 1. The molecule has 10 heteroatoms. The summed E-state index contributed by atoms with van der Waals surface area (Å²) in [5.41, 5.74) is -0.00494. The molecule has 0 spiro atoms. The molecule has 3 rings (SSSR count). The third kappa shape index (κ3) is 3.45. The number of benzene rings is 2. The Labute approximate surface area is 159 Å². The van der Waals surface area contributed by atoms with Crippen LogP contribution >= 0.6 is 11.6 Å². The van der Waals surface area contributed by atoms with Crippen LogP contribution in [0.15, 0.2) is 41.4 Å². The summed E-state index contributed by atoms with van der Waals surface area (Å²) in [5, 5.41) is -0.0862. The normalized spacial score (nSPS) is 11.7. The second-order valence-corrected chi connectivity index (χ2v) is 7.79. The minimum absolute atomic E-state index is 0.119. The number of rotatable bonds is 6. The third-order valence-corrected chi connectivity index (χ3v) is 5.99. The summed E-state index contributed by atoms with van der Waals surface area (Å²) in [6, 6.07) is 6.20. The molecule has 1 heterocycles. The molecule has 1 N–H and O–H groups in total. The van der Waals surface area contributed by atoms with Gasteiger partial charge in [-0.3, -0.25) is 0 Å². The van der Waals surface area contributed by atoms with Crippen LogP contribution in [0.4, 0.5) is 14.5 Å². The number of halogens is 3. The van der Waals surface area contributed by atoms with E-state index in [1.165, 1.54) is 20.4 Å². The van der Waals surface area contributed by atoms with Gasteiger partial charge in [-0.1, -0.05) is 11.6 Å². The molecule has 0 saturated heterocycles. The molecule has 2 aromatic carbocycles. The maximum atomic E-state index is 14.4. The Kier molecular flexibility index (Phi) is 5.27. The lowest BCUT2D eigenvalue weighted by atomic mass is 10.2. The van der Waals surface area contributed by atoms with E-state index in [9.17, 15) is 17.2 Å². The first-order chi connectivity index (χ1) is 12.8. The molecular weight excluding hydrogens is 402 g/mol. The van der Waals surface area contributed by atoms with Gasteiger partial charge in [-0.2, -0.15) is 0 Å². The van der Waals surface area contributed by atoms with E-state index in [4.69, 9.17) is 21.1 Å². The maximum absolute atomic E-state index is 14.4. The molecule has 0 atom stereocenters. The highest BCUT2D eigenvalue weighted by Crippen LogP contribution is 2.33. The Morgan fingerprint density at radius 2 is 1.89 bits per heavy atom. The Morgan fingerprint density at radius 3 is 2.56 bits per heavy atom. The summed E-state index contributed by atoms with van der Waals surface area (Å²) in [7, 11) is -1.56. The quantitative estimate of drug-likeness (QED) is 0.488. The molecule has 1 aromatic heterocycles. The summed E-state index contributed by atoms with van der Waals surface area (Å²) < 4.78 is 65.2. The molecule has 0 bridgehead atoms. The van der Waals surface area contributed by atoms with Gasteiger partial charge in [0.1, 0.15) is 29.0 Å². The van der Waals surface area contributed by atoms with E-state index in [0.29, 0.717) is 33.1 Å². The minimum atomic E-state index is -4.28. The number of ether oxygens (including phenoxy) is 2. The highest BCUT2D eigenvalue weighted by atomic mass is 35.5. The van der Waals surface area contributed by atoms with Gasteiger partial charge < -0.3 is 14.5 Å². The number of H-pyrrole nitrogens is 1. The number of hydrogen-bond acceptors (Lipinski definition) is 4. The highest BCUT2D eigenvalue weighted by molar-refractivity contribution is 7.93. The van der Waals surface area contributed by atoms with E-state index in [0.717, 1.165) is 0 Å². The zero-order valence-corrected chi connectivity index (χ0v) is 15.9. The van der Waals surface area contributed by atoms with Crippen LogP contribution in [0.3, 0.4) is 0 Å². The van der Waals surface area contributed by atoms with Gasteiger partial charge in [0.15, 0.2) is 0 Å². The van der Waals surface area contributed by atoms with E-state index in [1.54, 1.807) is 18.2 Å². The largest absolute Gasteiger partial charge is 0.497 e. The average Bonchev–Trinajstić information content (AvgIpc) is 3.06. The first-order valence-electron chi connectivity index (χ1n) is 7.61. The van der Waals surface area contributed by atoms with Crippen molar-refractivity contribution in [1.29, 1.82) is 0 Å². The molecule has 0 saturated carbocycles. The van der Waals surface area contributed by atoms with Crippen LogP contribution < -0.4 is 9.04 Å². The summed E-state index contributed by atoms with van der Waals surface area (Å²) in [4.78, 5) is 2.72. The van der Waals surface area contributed by atoms with Crippen LogP contribution in [0.25, 0.3) is 10.9 Å². The van der Waals surface area contributed by atoms with E-state index >= 15 is 0 Å². The molecule has 27 heavy (non-hydrogen) atoms. The summed E-state index contributed by atoms with van der Waals surface area (Å²) >= 11 is 5.56. The zero-order valence-electron chi connectivity index (χ0n) is 14.3. The van der Waals surface area contributed by atoms with E-state index < -0.39 is 39.1 Å². The third-order valence-electron chi connectivity index (χ3n) is 3.92. The number of sulfonamides is 1. The van der Waals surface area contributed by atoms with Crippen molar-refractivity contribution in [3.63, 3.8) is 0 Å². The SMILES string of the molecule is COCN(c1cc(F)c(Cl)cc1F)S(=O)(=O)c1c[nH]c2cc(OC)ccc12. The fraction of sp³-hybridized carbons (Fsp3) is 0.176. The van der Waals surface area contributed by atoms with Crippen molar-refractivity contribution in [3.05, 3.63) is 53.2 Å². The number of hydrogen-bond donors (Lipinski definition) is 1. The standard InChI is InChI=1S/C17H15ClF2N2O4S/c1-25-9-22(16-7-13(19)12(18)6-14(16)20)27(23,24)17-8-21-15-5-10(26-2)3-4-11(15)17/h3-8,21H,9H2,1-2H3. The number of methoxy groups -OCH3 is 2. The first-order valence-corrected chi connectivity index (χ1v) is 9.42. The lowest BCUT2D eigenvalue weighted by Gasteiger charge is -2.24. The number of aromatic nitrogens is 1. The van der Waals surface area contributed by atoms with Gasteiger partial charge in [-0.25, -0.2) is 21.5 Å². The van der Waals surface area contributed by atoms with Crippen molar-refractivity contribution in [3.8, 4) is 5.75 Å². The lowest BCUT2D eigenvalue weighted by Crippen LogP contribution is -2.33. The highest BCUT2D eigenvalue weighted by Gasteiger charge is 2.30. The molecule has 0 aliphatic carbocycles. The van der Waals surface area contributed by atoms with Crippen LogP contribution in [-0.4, -0.2) is 34.4 Å². The van der Waals surface area contributed by atoms with Crippen molar-refractivity contribution >= 4 is 38.2 Å². The predicted octanol–water partition coefficient (Wildman–Crippen LogP) is 3.91. The van der Waals surface area contributed by atoms with Gasteiger partial charge >= 0.3 is 0 Å². The fourth-order valence-electron chi connectivity index (χ4n) is 2.63.